The van der Waals surface area contributed by atoms with Gasteiger partial charge in [0.1, 0.15) is 13.2 Å². The van der Waals surface area contributed by atoms with Crippen molar-refractivity contribution in [3.63, 3.8) is 0 Å². The van der Waals surface area contributed by atoms with Gasteiger partial charge in [-0.15, -0.1) is 0 Å². The third-order valence-corrected chi connectivity index (χ3v) is 3.48. The van der Waals surface area contributed by atoms with Crippen molar-refractivity contribution in [1.82, 2.24) is 5.43 Å². The molecule has 0 saturated carbocycles. The van der Waals surface area contributed by atoms with Crippen LogP contribution in [0.4, 0.5) is 0 Å². The lowest BCUT2D eigenvalue weighted by molar-refractivity contribution is 0.171. The molecule has 0 spiro atoms. The van der Waals surface area contributed by atoms with Crippen LogP contribution < -0.4 is 20.7 Å². The summed E-state index contributed by atoms with van der Waals surface area (Å²) in [7, 11) is 0. The molecule has 1 aliphatic heterocycles. The minimum atomic E-state index is -0.0635. The third-order valence-electron chi connectivity index (χ3n) is 3.48. The first-order chi connectivity index (χ1) is 9.78. The molecule has 0 saturated heterocycles. The second-order valence-corrected chi connectivity index (χ2v) is 4.91. The van der Waals surface area contributed by atoms with Crippen molar-refractivity contribution in [2.24, 2.45) is 5.84 Å². The lowest BCUT2D eigenvalue weighted by atomic mass is 9.98. The largest absolute Gasteiger partial charge is 0.486 e. The van der Waals surface area contributed by atoms with Crippen LogP contribution in [0, 0.1) is 6.92 Å². The summed E-state index contributed by atoms with van der Waals surface area (Å²) in [5.41, 5.74) is 6.27. The van der Waals surface area contributed by atoms with Crippen LogP contribution in [-0.2, 0) is 0 Å². The minimum Gasteiger partial charge on any atom is -0.486 e. The Bertz CT molecular complexity index is 596. The molecule has 4 nitrogen and oxygen atoms in total. The van der Waals surface area contributed by atoms with E-state index in [0.717, 1.165) is 22.6 Å². The number of hydrazine groups is 1. The number of hydrogen-bond acceptors (Lipinski definition) is 4. The number of rotatable bonds is 3. The highest BCUT2D eigenvalue weighted by atomic mass is 16.6. The van der Waals surface area contributed by atoms with Gasteiger partial charge in [0.2, 0.25) is 0 Å². The zero-order valence-electron chi connectivity index (χ0n) is 11.4. The van der Waals surface area contributed by atoms with Crippen LogP contribution in [0.2, 0.25) is 0 Å². The summed E-state index contributed by atoms with van der Waals surface area (Å²) in [6.07, 6.45) is 0. The number of benzene rings is 2. The van der Waals surface area contributed by atoms with E-state index >= 15 is 0 Å². The Morgan fingerprint density at radius 1 is 0.950 bits per heavy atom. The lowest BCUT2D eigenvalue weighted by Crippen LogP contribution is -2.29. The lowest BCUT2D eigenvalue weighted by Gasteiger charge is -2.22. The Kier molecular flexibility index (Phi) is 3.58. The summed E-state index contributed by atoms with van der Waals surface area (Å²) in [4.78, 5) is 0. The van der Waals surface area contributed by atoms with Crippen molar-refractivity contribution in [1.29, 1.82) is 0 Å². The molecule has 0 amide bonds. The molecular formula is C16H18N2O2. The molecule has 1 atom stereocenters. The van der Waals surface area contributed by atoms with E-state index in [0.29, 0.717) is 13.2 Å². The predicted molar refractivity (Wildman–Crippen MR) is 77.8 cm³/mol. The van der Waals surface area contributed by atoms with Gasteiger partial charge in [-0.2, -0.15) is 0 Å². The van der Waals surface area contributed by atoms with E-state index in [9.17, 15) is 0 Å². The van der Waals surface area contributed by atoms with Crippen LogP contribution in [0.5, 0.6) is 11.5 Å². The number of aryl methyl sites for hydroxylation is 1. The van der Waals surface area contributed by atoms with Crippen molar-refractivity contribution in [2.75, 3.05) is 13.2 Å². The molecular weight excluding hydrogens is 252 g/mol. The fourth-order valence-corrected chi connectivity index (χ4v) is 2.38. The number of nitrogens with one attached hydrogen (secondary N) is 1. The Labute approximate surface area is 118 Å². The van der Waals surface area contributed by atoms with Crippen molar-refractivity contribution >= 4 is 0 Å². The Balaban J connectivity index is 1.94. The monoisotopic (exact) mass is 270 g/mol. The SMILES string of the molecule is Cc1ccc(C(NN)c2ccc3c(c2)OCCO3)cc1. The van der Waals surface area contributed by atoms with Gasteiger partial charge in [-0.3, -0.25) is 5.84 Å². The van der Waals surface area contributed by atoms with Gasteiger partial charge in [-0.05, 0) is 30.2 Å². The molecule has 104 valence electrons. The summed E-state index contributed by atoms with van der Waals surface area (Å²) in [6.45, 7) is 3.25. The first kappa shape index (κ1) is 13.0. The van der Waals surface area contributed by atoms with Gasteiger partial charge in [-0.1, -0.05) is 35.9 Å². The molecule has 20 heavy (non-hydrogen) atoms. The first-order valence-electron chi connectivity index (χ1n) is 6.70. The average Bonchev–Trinajstić information content (AvgIpc) is 2.50. The molecule has 3 rings (SSSR count). The molecule has 2 aromatic carbocycles. The Morgan fingerprint density at radius 2 is 1.60 bits per heavy atom. The highest BCUT2D eigenvalue weighted by Crippen LogP contribution is 2.34. The summed E-state index contributed by atoms with van der Waals surface area (Å²) in [5.74, 6) is 7.30. The second-order valence-electron chi connectivity index (χ2n) is 4.91. The maximum atomic E-state index is 5.73. The van der Waals surface area contributed by atoms with Crippen LogP contribution in [0.25, 0.3) is 0 Å². The highest BCUT2D eigenvalue weighted by molar-refractivity contribution is 5.46. The van der Waals surface area contributed by atoms with Gasteiger partial charge in [-0.25, -0.2) is 5.43 Å². The average molecular weight is 270 g/mol. The summed E-state index contributed by atoms with van der Waals surface area (Å²) >= 11 is 0. The maximum Gasteiger partial charge on any atom is 0.161 e. The number of nitrogens with two attached hydrogens (primary N) is 1. The molecule has 0 aliphatic carbocycles. The third kappa shape index (κ3) is 2.48. The first-order valence-corrected chi connectivity index (χ1v) is 6.70. The number of fused-ring (bicyclic) bond motifs is 1. The zero-order valence-corrected chi connectivity index (χ0v) is 11.4. The normalized spacial score (nSPS) is 14.9. The van der Waals surface area contributed by atoms with Crippen LogP contribution in [-0.4, -0.2) is 13.2 Å². The van der Waals surface area contributed by atoms with E-state index in [1.807, 2.05) is 18.2 Å². The fraction of sp³-hybridized carbons (Fsp3) is 0.250. The molecule has 0 fully saturated rings. The molecule has 2 aromatic rings. The van der Waals surface area contributed by atoms with Crippen LogP contribution in [0.1, 0.15) is 22.7 Å². The van der Waals surface area contributed by atoms with Crippen LogP contribution in [0.3, 0.4) is 0 Å². The molecule has 3 N–H and O–H groups in total. The van der Waals surface area contributed by atoms with Gasteiger partial charge in [0.15, 0.2) is 11.5 Å². The molecule has 0 bridgehead atoms. The fourth-order valence-electron chi connectivity index (χ4n) is 2.38. The summed E-state index contributed by atoms with van der Waals surface area (Å²) in [5, 5.41) is 0. The molecule has 1 unspecified atom stereocenters. The van der Waals surface area contributed by atoms with E-state index in [2.05, 4.69) is 36.6 Å². The highest BCUT2D eigenvalue weighted by Gasteiger charge is 2.17. The minimum absolute atomic E-state index is 0.0635. The Morgan fingerprint density at radius 3 is 2.30 bits per heavy atom. The second kappa shape index (κ2) is 5.53. The van der Waals surface area contributed by atoms with Crippen molar-refractivity contribution in [3.05, 3.63) is 59.2 Å². The predicted octanol–water partition coefficient (Wildman–Crippen LogP) is 2.32. The Hall–Kier alpha value is -2.04. The van der Waals surface area contributed by atoms with Crippen LogP contribution >= 0.6 is 0 Å². The van der Waals surface area contributed by atoms with E-state index in [4.69, 9.17) is 15.3 Å². The van der Waals surface area contributed by atoms with Crippen LogP contribution in [0.15, 0.2) is 42.5 Å². The van der Waals surface area contributed by atoms with E-state index < -0.39 is 0 Å². The zero-order chi connectivity index (χ0) is 13.9. The van der Waals surface area contributed by atoms with Gasteiger partial charge in [0, 0.05) is 0 Å². The molecule has 1 aliphatic rings. The van der Waals surface area contributed by atoms with Gasteiger partial charge >= 0.3 is 0 Å². The molecule has 1 heterocycles. The van der Waals surface area contributed by atoms with Gasteiger partial charge in [0.25, 0.3) is 0 Å². The quantitative estimate of drug-likeness (QED) is 0.664. The van der Waals surface area contributed by atoms with Crippen molar-refractivity contribution < 1.29 is 9.47 Å². The maximum absolute atomic E-state index is 5.73. The molecule has 4 heteroatoms. The standard InChI is InChI=1S/C16H18N2O2/c1-11-2-4-12(5-3-11)16(18-17)13-6-7-14-15(10-13)20-9-8-19-14/h2-7,10,16,18H,8-9,17H2,1H3. The number of hydrogen-bond donors (Lipinski definition) is 2. The van der Waals surface area contributed by atoms with Gasteiger partial charge in [0.05, 0.1) is 6.04 Å². The molecule has 0 aromatic heterocycles. The topological polar surface area (TPSA) is 56.5 Å². The summed E-state index contributed by atoms with van der Waals surface area (Å²) < 4.78 is 11.2. The van der Waals surface area contributed by atoms with Crippen molar-refractivity contribution in [3.8, 4) is 11.5 Å². The van der Waals surface area contributed by atoms with E-state index in [1.54, 1.807) is 0 Å². The van der Waals surface area contributed by atoms with Gasteiger partial charge < -0.3 is 9.47 Å². The molecule has 0 radical (unpaired) electrons. The van der Waals surface area contributed by atoms with E-state index in [-0.39, 0.29) is 6.04 Å². The number of ether oxygens (including phenoxy) is 2. The summed E-state index contributed by atoms with van der Waals surface area (Å²) in [6, 6.07) is 14.2. The van der Waals surface area contributed by atoms with E-state index in [1.165, 1.54) is 5.56 Å². The van der Waals surface area contributed by atoms with Crippen molar-refractivity contribution in [2.45, 2.75) is 13.0 Å². The smallest absolute Gasteiger partial charge is 0.161 e.